The van der Waals surface area contributed by atoms with Gasteiger partial charge in [0.2, 0.25) is 0 Å². The van der Waals surface area contributed by atoms with Crippen LogP contribution in [-0.2, 0) is 12.7 Å². The smallest absolute Gasteiger partial charge is 0.332 e. The van der Waals surface area contributed by atoms with Gasteiger partial charge in [0.15, 0.2) is 0 Å². The number of likely N-dealkylation sites (tertiary alicyclic amines) is 1. The average Bonchev–Trinajstić information content (AvgIpc) is 2.90. The van der Waals surface area contributed by atoms with Crippen molar-refractivity contribution in [1.29, 1.82) is 0 Å². The number of benzene rings is 1. The van der Waals surface area contributed by atoms with E-state index in [1.807, 2.05) is 11.8 Å². The van der Waals surface area contributed by atoms with E-state index in [-0.39, 0.29) is 35.7 Å². The Kier molecular flexibility index (Phi) is 5.04. The highest BCUT2D eigenvalue weighted by molar-refractivity contribution is 5.99. The zero-order chi connectivity index (χ0) is 20.1. The molecule has 2 heterocycles. The Labute approximate surface area is 157 Å². The van der Waals surface area contributed by atoms with Crippen molar-refractivity contribution in [3.8, 4) is 0 Å². The lowest BCUT2D eigenvalue weighted by atomic mass is 9.91. The first-order valence-electron chi connectivity index (χ1n) is 9.38. The second-order valence-corrected chi connectivity index (χ2v) is 8.24. The van der Waals surface area contributed by atoms with E-state index in [1.165, 1.54) is 11.0 Å². The van der Waals surface area contributed by atoms with E-state index in [4.69, 9.17) is 0 Å². The molecule has 0 bridgehead atoms. The molecule has 1 aromatic rings. The molecule has 7 heteroatoms. The normalized spacial score (nSPS) is 21.7. The Bertz CT molecular complexity index is 732. The number of piperidine rings is 1. The molecule has 0 saturated carbocycles. The molecule has 0 aromatic heterocycles. The maximum atomic E-state index is 14.1. The predicted octanol–water partition coefficient (Wildman–Crippen LogP) is 4.95. The Morgan fingerprint density at radius 2 is 1.70 bits per heavy atom. The van der Waals surface area contributed by atoms with Crippen molar-refractivity contribution in [3.63, 3.8) is 0 Å². The van der Waals surface area contributed by atoms with Gasteiger partial charge in [0, 0.05) is 37.3 Å². The fraction of sp³-hybridized carbons (Fsp3) is 0.650. The zero-order valence-corrected chi connectivity index (χ0v) is 16.2. The number of hydrogen-bond donors (Lipinski definition) is 0. The number of rotatable bonds is 3. The molecule has 0 N–H and O–H groups in total. The first-order chi connectivity index (χ1) is 12.4. The van der Waals surface area contributed by atoms with Gasteiger partial charge in [-0.05, 0) is 63.8 Å². The van der Waals surface area contributed by atoms with Crippen LogP contribution in [0, 0.1) is 0 Å². The molecule has 1 unspecified atom stereocenters. The third-order valence-corrected chi connectivity index (χ3v) is 5.89. The summed E-state index contributed by atoms with van der Waals surface area (Å²) in [6.45, 7) is 7.93. The number of carbonyl (C=O) groups excluding carboxylic acids is 1. The average molecular weight is 386 g/mol. The van der Waals surface area contributed by atoms with Gasteiger partial charge in [0.1, 0.15) is 5.67 Å². The molecular weight excluding hydrogens is 360 g/mol. The van der Waals surface area contributed by atoms with Crippen LogP contribution in [0.3, 0.4) is 0 Å². The maximum Gasteiger partial charge on any atom is 0.416 e. The largest absolute Gasteiger partial charge is 0.416 e. The van der Waals surface area contributed by atoms with Crippen molar-refractivity contribution in [2.24, 2.45) is 0 Å². The van der Waals surface area contributed by atoms with Crippen LogP contribution in [0.15, 0.2) is 12.1 Å². The van der Waals surface area contributed by atoms with Crippen LogP contribution in [-0.4, -0.2) is 40.5 Å². The molecule has 3 nitrogen and oxygen atoms in total. The first-order valence-corrected chi connectivity index (χ1v) is 9.38. The van der Waals surface area contributed by atoms with E-state index in [0.717, 1.165) is 0 Å². The van der Waals surface area contributed by atoms with Crippen molar-refractivity contribution in [2.75, 3.05) is 13.1 Å². The summed E-state index contributed by atoms with van der Waals surface area (Å²) in [6.07, 6.45) is -3.81. The summed E-state index contributed by atoms with van der Waals surface area (Å²) in [5.74, 6) is -0.352. The standard InChI is InChI=1S/C20H26F4N2O/c1-12(2)26-11-16-15(18(26)27)9-14(10-17(16)20(22,23)24)13(3)25-7-5-19(4,21)6-8-25/h9-10,12-13H,5-8,11H2,1-4H3. The quantitative estimate of drug-likeness (QED) is 0.686. The summed E-state index contributed by atoms with van der Waals surface area (Å²) in [5, 5.41) is 0. The van der Waals surface area contributed by atoms with Gasteiger partial charge in [0.05, 0.1) is 5.56 Å². The van der Waals surface area contributed by atoms with E-state index < -0.39 is 17.4 Å². The van der Waals surface area contributed by atoms with Crippen LogP contribution in [0.25, 0.3) is 0 Å². The minimum atomic E-state index is -4.52. The first kappa shape index (κ1) is 20.1. The molecule has 1 saturated heterocycles. The molecule has 1 atom stereocenters. The second-order valence-electron chi connectivity index (χ2n) is 8.24. The van der Waals surface area contributed by atoms with Gasteiger partial charge in [-0.3, -0.25) is 9.69 Å². The Balaban J connectivity index is 1.98. The molecule has 3 rings (SSSR count). The number of halogens is 4. The molecular formula is C20H26F4N2O. The van der Waals surface area contributed by atoms with E-state index in [9.17, 15) is 22.4 Å². The third kappa shape index (κ3) is 3.84. The van der Waals surface area contributed by atoms with Gasteiger partial charge in [-0.1, -0.05) is 0 Å². The predicted molar refractivity (Wildman–Crippen MR) is 95.2 cm³/mol. The van der Waals surface area contributed by atoms with E-state index in [0.29, 0.717) is 31.5 Å². The Morgan fingerprint density at radius 3 is 2.22 bits per heavy atom. The fourth-order valence-electron chi connectivity index (χ4n) is 3.95. The van der Waals surface area contributed by atoms with Crippen LogP contribution < -0.4 is 0 Å². The van der Waals surface area contributed by atoms with Crippen LogP contribution in [0.4, 0.5) is 17.6 Å². The molecule has 1 aromatic carbocycles. The van der Waals surface area contributed by atoms with E-state index >= 15 is 0 Å². The highest BCUT2D eigenvalue weighted by atomic mass is 19.4. The molecule has 27 heavy (non-hydrogen) atoms. The number of carbonyl (C=O) groups is 1. The fourth-order valence-corrected chi connectivity index (χ4v) is 3.95. The lowest BCUT2D eigenvalue weighted by Crippen LogP contribution is -2.41. The molecule has 0 spiro atoms. The second kappa shape index (κ2) is 6.76. The van der Waals surface area contributed by atoms with Gasteiger partial charge in [-0.25, -0.2) is 4.39 Å². The summed E-state index contributed by atoms with van der Waals surface area (Å²) in [6, 6.07) is 2.29. The zero-order valence-electron chi connectivity index (χ0n) is 16.2. The van der Waals surface area contributed by atoms with Crippen LogP contribution in [0.1, 0.15) is 73.6 Å². The molecule has 2 aliphatic heterocycles. The molecule has 1 amide bonds. The minimum Gasteiger partial charge on any atom is -0.332 e. The van der Waals surface area contributed by atoms with Crippen molar-refractivity contribution in [1.82, 2.24) is 9.80 Å². The van der Waals surface area contributed by atoms with Crippen molar-refractivity contribution in [3.05, 3.63) is 34.4 Å². The highest BCUT2D eigenvalue weighted by Crippen LogP contribution is 2.41. The number of nitrogens with zero attached hydrogens (tertiary/aromatic N) is 2. The topological polar surface area (TPSA) is 23.6 Å². The lowest BCUT2D eigenvalue weighted by molar-refractivity contribution is -0.138. The number of hydrogen-bond acceptors (Lipinski definition) is 2. The minimum absolute atomic E-state index is 0.0146. The van der Waals surface area contributed by atoms with Gasteiger partial charge in [-0.15, -0.1) is 0 Å². The SMILES string of the molecule is CC(c1cc2c(c(C(F)(F)F)c1)CN(C(C)C)C2=O)N1CCC(C)(F)CC1. The van der Waals surface area contributed by atoms with Gasteiger partial charge >= 0.3 is 6.18 Å². The van der Waals surface area contributed by atoms with Crippen LogP contribution >= 0.6 is 0 Å². The van der Waals surface area contributed by atoms with E-state index in [1.54, 1.807) is 26.8 Å². The summed E-state index contributed by atoms with van der Waals surface area (Å²) in [4.78, 5) is 16.1. The number of fused-ring (bicyclic) bond motifs is 1. The number of amides is 1. The van der Waals surface area contributed by atoms with Crippen LogP contribution in [0.2, 0.25) is 0 Å². The molecule has 0 aliphatic carbocycles. The van der Waals surface area contributed by atoms with Crippen molar-refractivity contribution >= 4 is 5.91 Å². The summed E-state index contributed by atoms with van der Waals surface area (Å²) in [7, 11) is 0. The van der Waals surface area contributed by atoms with Crippen molar-refractivity contribution < 1.29 is 22.4 Å². The van der Waals surface area contributed by atoms with Crippen molar-refractivity contribution in [2.45, 2.75) is 71.0 Å². The third-order valence-electron chi connectivity index (χ3n) is 5.89. The number of alkyl halides is 4. The molecule has 2 aliphatic rings. The summed E-state index contributed by atoms with van der Waals surface area (Å²) >= 11 is 0. The highest BCUT2D eigenvalue weighted by Gasteiger charge is 2.41. The summed E-state index contributed by atoms with van der Waals surface area (Å²) in [5.41, 5.74) is -1.29. The molecule has 150 valence electrons. The molecule has 0 radical (unpaired) electrons. The maximum absolute atomic E-state index is 14.1. The molecule has 1 fully saturated rings. The summed E-state index contributed by atoms with van der Waals surface area (Å²) < 4.78 is 55.1. The van der Waals surface area contributed by atoms with Gasteiger partial charge in [-0.2, -0.15) is 13.2 Å². The van der Waals surface area contributed by atoms with E-state index in [2.05, 4.69) is 0 Å². The Hall–Kier alpha value is -1.63. The van der Waals surface area contributed by atoms with Gasteiger partial charge in [0.25, 0.3) is 5.91 Å². The Morgan fingerprint density at radius 1 is 1.11 bits per heavy atom. The van der Waals surface area contributed by atoms with Gasteiger partial charge < -0.3 is 4.90 Å². The monoisotopic (exact) mass is 386 g/mol. The lowest BCUT2D eigenvalue weighted by Gasteiger charge is -2.38. The van der Waals surface area contributed by atoms with Crippen LogP contribution in [0.5, 0.6) is 0 Å².